The summed E-state index contributed by atoms with van der Waals surface area (Å²) >= 11 is 0. The number of fused-ring (bicyclic) bond motifs is 1. The molecule has 1 unspecified atom stereocenters. The van der Waals surface area contributed by atoms with Crippen LogP contribution in [0.1, 0.15) is 16.7 Å². The predicted octanol–water partition coefficient (Wildman–Crippen LogP) is 1.83. The van der Waals surface area contributed by atoms with Crippen LogP contribution in [0.2, 0.25) is 0 Å². The summed E-state index contributed by atoms with van der Waals surface area (Å²) in [5.74, 6) is 0.890. The first kappa shape index (κ1) is 21.6. The second-order valence-corrected chi connectivity index (χ2v) is 9.24. The Labute approximate surface area is 184 Å². The van der Waals surface area contributed by atoms with Gasteiger partial charge in [-0.3, -0.25) is 0 Å². The van der Waals surface area contributed by atoms with Gasteiger partial charge in [-0.2, -0.15) is 14.0 Å². The lowest BCUT2D eigenvalue weighted by Gasteiger charge is -2.24. The molecule has 8 heteroatoms. The zero-order chi connectivity index (χ0) is 22.0. The van der Waals surface area contributed by atoms with Crippen molar-refractivity contribution in [3.63, 3.8) is 0 Å². The quantitative estimate of drug-likeness (QED) is 0.523. The summed E-state index contributed by atoms with van der Waals surface area (Å²) in [6.45, 7) is 0. The number of hydrogen-bond acceptors (Lipinski definition) is 6. The van der Waals surface area contributed by atoms with E-state index in [4.69, 9.17) is 13.2 Å². The standard InChI is InChI=1S/C23H19ClO6S/c1-28-20-13-19-18(16-9-5-3-6-10-16)14-22(17-11-7-4-8-12-17)31(30-24(25,26)27)23(19)15-21(20)29-2/h3-15H,1-2H3. The van der Waals surface area contributed by atoms with Crippen molar-refractivity contribution < 1.29 is 37.4 Å². The monoisotopic (exact) mass is 458 g/mol. The summed E-state index contributed by atoms with van der Waals surface area (Å²) in [4.78, 5) is 1.09. The van der Waals surface area contributed by atoms with Gasteiger partial charge in [0.25, 0.3) is 0 Å². The zero-order valence-corrected chi connectivity index (χ0v) is 18.3. The topological polar surface area (TPSA) is 96.9 Å². The fraction of sp³-hybridized carbons (Fsp3) is 0.0870. The minimum atomic E-state index is -4.68. The van der Waals surface area contributed by atoms with E-state index in [1.165, 1.54) is 14.2 Å². The van der Waals surface area contributed by atoms with Crippen LogP contribution in [0.3, 0.4) is 0 Å². The summed E-state index contributed by atoms with van der Waals surface area (Å²) in [7, 11) is -3.16. The maximum absolute atomic E-state index is 11.6. The number of halogens is 1. The first-order chi connectivity index (χ1) is 14.9. The second kappa shape index (κ2) is 8.84. The highest BCUT2D eigenvalue weighted by Crippen LogP contribution is 2.48. The molecule has 0 aromatic heterocycles. The Balaban J connectivity index is 2.07. The zero-order valence-electron chi connectivity index (χ0n) is 16.7. The Hall–Kier alpha value is -2.65. The lowest BCUT2D eigenvalue weighted by atomic mass is 9.95. The normalized spacial score (nSPS) is 15.8. The molecule has 160 valence electrons. The van der Waals surface area contributed by atoms with E-state index in [0.717, 1.165) is 16.7 Å². The van der Waals surface area contributed by atoms with Crippen molar-refractivity contribution in [2.24, 2.45) is 0 Å². The highest BCUT2D eigenvalue weighted by molar-refractivity contribution is 8.12. The molecular weight excluding hydrogens is 440 g/mol. The van der Waals surface area contributed by atoms with Crippen LogP contribution in [0.5, 0.6) is 11.5 Å². The minimum absolute atomic E-state index is 0.407. The molecular formula is C23H19ClO6S. The van der Waals surface area contributed by atoms with Gasteiger partial charge in [0.1, 0.15) is 14.5 Å². The van der Waals surface area contributed by atoms with Crippen LogP contribution in [0.25, 0.3) is 5.57 Å². The number of methoxy groups -OCH3 is 2. The van der Waals surface area contributed by atoms with Crippen LogP contribution in [-0.4, -0.2) is 19.1 Å². The minimum Gasteiger partial charge on any atom is -0.493 e. The molecule has 0 aliphatic carbocycles. The number of benzene rings is 3. The van der Waals surface area contributed by atoms with Gasteiger partial charge in [-0.25, -0.2) is 0 Å². The molecule has 3 aromatic rings. The summed E-state index contributed by atoms with van der Waals surface area (Å²) < 4.78 is 50.8. The van der Waals surface area contributed by atoms with Crippen LogP contribution in [0, 0.1) is 10.2 Å². The van der Waals surface area contributed by atoms with Crippen LogP contribution in [0.4, 0.5) is 0 Å². The molecule has 3 aromatic carbocycles. The van der Waals surface area contributed by atoms with E-state index in [1.54, 1.807) is 12.1 Å². The summed E-state index contributed by atoms with van der Waals surface area (Å²) in [5, 5.41) is 0. The molecule has 0 amide bonds. The van der Waals surface area contributed by atoms with E-state index in [0.29, 0.717) is 26.8 Å². The fourth-order valence-electron chi connectivity index (χ4n) is 3.40. The third-order valence-electron chi connectivity index (χ3n) is 4.73. The summed E-state index contributed by atoms with van der Waals surface area (Å²) in [6, 6.07) is 22.3. The van der Waals surface area contributed by atoms with Crippen LogP contribution in [-0.2, 0) is 3.74 Å². The molecule has 4 rings (SSSR count). The summed E-state index contributed by atoms with van der Waals surface area (Å²) in [5.41, 5.74) is 3.22. The van der Waals surface area contributed by atoms with Crippen molar-refractivity contribution in [3.05, 3.63) is 95.6 Å². The van der Waals surface area contributed by atoms with E-state index in [-0.39, 0.29) is 0 Å². The maximum atomic E-state index is 11.6. The van der Waals surface area contributed by atoms with Gasteiger partial charge in [0.2, 0.25) is 0 Å². The van der Waals surface area contributed by atoms with Gasteiger partial charge in [0.05, 0.1) is 34.2 Å². The predicted molar refractivity (Wildman–Crippen MR) is 111 cm³/mol. The molecule has 1 aliphatic heterocycles. The van der Waals surface area contributed by atoms with Crippen LogP contribution in [0.15, 0.2) is 83.8 Å². The average Bonchev–Trinajstić information content (AvgIpc) is 2.78. The number of hydrogen-bond donors (Lipinski definition) is 0. The molecule has 0 N–H and O–H groups in total. The lowest BCUT2D eigenvalue weighted by molar-refractivity contribution is -1.91. The van der Waals surface area contributed by atoms with Crippen molar-refractivity contribution in [3.8, 4) is 11.5 Å². The Morgan fingerprint density at radius 3 is 1.84 bits per heavy atom. The van der Waals surface area contributed by atoms with Gasteiger partial charge in [0.15, 0.2) is 11.5 Å². The van der Waals surface area contributed by atoms with Crippen LogP contribution < -0.4 is 23.5 Å². The Morgan fingerprint density at radius 1 is 0.742 bits per heavy atom. The second-order valence-electron chi connectivity index (χ2n) is 6.57. The van der Waals surface area contributed by atoms with Gasteiger partial charge in [-0.05, 0) is 28.8 Å². The molecule has 0 bridgehead atoms. The van der Waals surface area contributed by atoms with Gasteiger partial charge < -0.3 is 9.47 Å². The third kappa shape index (κ3) is 4.52. The maximum Gasteiger partial charge on any atom is 0.161 e. The lowest BCUT2D eigenvalue weighted by Crippen LogP contribution is -2.60. The van der Waals surface area contributed by atoms with Gasteiger partial charge in [-0.15, -0.1) is 0 Å². The third-order valence-corrected chi connectivity index (χ3v) is 7.35. The Morgan fingerprint density at radius 2 is 1.29 bits per heavy atom. The van der Waals surface area contributed by atoms with E-state index in [1.807, 2.05) is 66.7 Å². The first-order valence-electron chi connectivity index (χ1n) is 9.22. The van der Waals surface area contributed by atoms with Crippen molar-refractivity contribution in [2.45, 2.75) is 4.90 Å². The van der Waals surface area contributed by atoms with E-state index >= 15 is 0 Å². The molecule has 1 aliphatic rings. The van der Waals surface area contributed by atoms with Gasteiger partial charge >= 0.3 is 0 Å². The van der Waals surface area contributed by atoms with Gasteiger partial charge in [-0.1, -0.05) is 60.7 Å². The van der Waals surface area contributed by atoms with Crippen LogP contribution >= 0.6 is 10.8 Å². The SMILES string of the molecule is COc1cc2c(cc1OC)S(O[Cl+3]([O-])([O-])[O-])=C(c1ccccc1)C=C2c1ccccc1. The first-order valence-corrected chi connectivity index (χ1v) is 11.6. The number of allylic oxidation sites excluding steroid dienone is 1. The van der Waals surface area contributed by atoms with E-state index in [9.17, 15) is 14.0 Å². The highest BCUT2D eigenvalue weighted by Gasteiger charge is 2.33. The molecule has 0 saturated heterocycles. The molecule has 0 saturated carbocycles. The largest absolute Gasteiger partial charge is 0.493 e. The molecule has 0 fully saturated rings. The van der Waals surface area contributed by atoms with Gasteiger partial charge in [0, 0.05) is 11.6 Å². The van der Waals surface area contributed by atoms with Crippen molar-refractivity contribution in [1.29, 1.82) is 0 Å². The van der Waals surface area contributed by atoms with E-state index < -0.39 is 21.0 Å². The molecule has 6 nitrogen and oxygen atoms in total. The van der Waals surface area contributed by atoms with E-state index in [2.05, 4.69) is 0 Å². The van der Waals surface area contributed by atoms with Crippen molar-refractivity contribution in [1.82, 2.24) is 0 Å². The molecule has 0 radical (unpaired) electrons. The van der Waals surface area contributed by atoms with Crippen molar-refractivity contribution >= 4 is 21.2 Å². The molecule has 1 heterocycles. The smallest absolute Gasteiger partial charge is 0.161 e. The van der Waals surface area contributed by atoms with Crippen molar-refractivity contribution in [2.75, 3.05) is 14.2 Å². The summed E-state index contributed by atoms with van der Waals surface area (Å²) in [6.07, 6.45) is 1.86. The fourth-order valence-corrected chi connectivity index (χ4v) is 5.95. The molecule has 0 spiro atoms. The molecule has 31 heavy (non-hydrogen) atoms. The Kier molecular flexibility index (Phi) is 6.15. The highest BCUT2D eigenvalue weighted by atomic mass is 35.7. The number of rotatable bonds is 6. The Bertz CT molecular complexity index is 1150. The number of ether oxygens (including phenoxy) is 2. The molecule has 1 atom stereocenters. The average molecular weight is 459 g/mol.